The summed E-state index contributed by atoms with van der Waals surface area (Å²) in [4.78, 5) is 38.7. The van der Waals surface area contributed by atoms with Gasteiger partial charge in [0.05, 0.1) is 21.6 Å². The topological polar surface area (TPSA) is 90.1 Å². The normalized spacial score (nSPS) is 10.1. The van der Waals surface area contributed by atoms with Gasteiger partial charge >= 0.3 is 0 Å². The predicted octanol–water partition coefficient (Wildman–Crippen LogP) is 0.719. The van der Waals surface area contributed by atoms with Gasteiger partial charge in [-0.05, 0) is 29.8 Å². The van der Waals surface area contributed by atoms with E-state index in [9.17, 15) is 14.4 Å². The van der Waals surface area contributed by atoms with Gasteiger partial charge < -0.3 is 5.73 Å². The van der Waals surface area contributed by atoms with Crippen LogP contribution in [0.5, 0.6) is 0 Å². The molecule has 0 saturated heterocycles. The van der Waals surface area contributed by atoms with Gasteiger partial charge in [-0.15, -0.1) is 0 Å². The minimum Gasteiger partial charge on any atom is -0.397 e. The number of para-hydroxylation sites is 1. The molecule has 0 unspecified atom stereocenters. The lowest BCUT2D eigenvalue weighted by atomic mass is 9.99. The second kappa shape index (κ2) is 6.38. The van der Waals surface area contributed by atoms with Gasteiger partial charge in [0.15, 0.2) is 0 Å². The molecule has 0 bridgehead atoms. The number of nitrogen functional groups attached to an aromatic ring is 1. The zero-order valence-electron chi connectivity index (χ0n) is 13.1. The number of allylic oxidation sites excluding steroid dienone is 1. The number of hydrogen-bond donors (Lipinski definition) is 1. The second-order valence-corrected chi connectivity index (χ2v) is 5.39. The number of pyridine rings is 1. The number of ketones is 1. The molecule has 0 aliphatic carbocycles. The fraction of sp³-hybridized carbons (Fsp3) is 0. The summed E-state index contributed by atoms with van der Waals surface area (Å²) < 4.78 is 0. The van der Waals surface area contributed by atoms with E-state index in [4.69, 9.17) is 5.73 Å². The Morgan fingerprint density at radius 3 is 2.48 bits per heavy atom. The Morgan fingerprint density at radius 2 is 1.76 bits per heavy atom. The number of aromatic nitrogens is 1. The van der Waals surface area contributed by atoms with Crippen molar-refractivity contribution in [3.63, 3.8) is 0 Å². The molecule has 3 rings (SSSR count). The summed E-state index contributed by atoms with van der Waals surface area (Å²) >= 11 is 0. The third-order valence-corrected chi connectivity index (χ3v) is 3.85. The average molecular weight is 328 g/mol. The minimum absolute atomic E-state index is 0.0252. The van der Waals surface area contributed by atoms with E-state index < -0.39 is 5.78 Å². The zero-order chi connectivity index (χ0) is 18.0. The Hall–Kier alpha value is -3.78. The zero-order valence-corrected chi connectivity index (χ0v) is 13.1. The number of Topliss-reactive ketones (excluding diaryl/α,β-unsaturated/α-hetero) is 1. The Labute approximate surface area is 142 Å². The first-order chi connectivity index (χ1) is 12.0. The standard InChI is InChI=1S/C20H12N2O3/c1-12(14-5-6-15(10-23)16(9-14)11-24)20(25)18-8-7-13-3-2-4-17(21)19(13)22-18/h2-9H,1,21H2. The number of anilines is 1. The third-order valence-electron chi connectivity index (χ3n) is 3.85. The Bertz CT molecular complexity index is 1200. The van der Waals surface area contributed by atoms with Crippen molar-refractivity contribution < 1.29 is 14.4 Å². The molecular formula is C20H12N2O3. The van der Waals surface area contributed by atoms with Crippen LogP contribution in [-0.4, -0.2) is 22.6 Å². The fourth-order valence-corrected chi connectivity index (χ4v) is 2.49. The van der Waals surface area contributed by atoms with Crippen LogP contribution in [0, 0.1) is 0 Å². The van der Waals surface area contributed by atoms with Crippen molar-refractivity contribution in [2.45, 2.75) is 0 Å². The molecule has 0 aliphatic rings. The molecule has 2 N–H and O–H groups in total. The van der Waals surface area contributed by atoms with Gasteiger partial charge in [-0.2, -0.15) is 0 Å². The van der Waals surface area contributed by atoms with Gasteiger partial charge in [0, 0.05) is 11.0 Å². The maximum absolute atomic E-state index is 12.7. The molecule has 120 valence electrons. The lowest BCUT2D eigenvalue weighted by Crippen LogP contribution is -2.27. The lowest BCUT2D eigenvalue weighted by Gasteiger charge is -2.07. The molecule has 0 fully saturated rings. The first-order valence-electron chi connectivity index (χ1n) is 7.34. The van der Waals surface area contributed by atoms with Gasteiger partial charge in [0.2, 0.25) is 5.78 Å². The number of fused-ring (bicyclic) bond motifs is 1. The highest BCUT2D eigenvalue weighted by atomic mass is 16.1. The third kappa shape index (κ3) is 2.89. The van der Waals surface area contributed by atoms with Crippen molar-refractivity contribution in [1.29, 1.82) is 0 Å². The van der Waals surface area contributed by atoms with E-state index in [1.807, 2.05) is 12.1 Å². The van der Waals surface area contributed by atoms with Crippen LogP contribution in [0.3, 0.4) is 0 Å². The SMILES string of the molecule is C=C(C(=O)c1ccc2cccc(N)c2n1)c1ccc(=C=O)c(=C=O)c1. The van der Waals surface area contributed by atoms with E-state index in [1.54, 1.807) is 30.1 Å². The number of nitrogens with two attached hydrogens (primary N) is 1. The van der Waals surface area contributed by atoms with Crippen molar-refractivity contribution in [2.75, 3.05) is 5.73 Å². The Kier molecular flexibility index (Phi) is 4.11. The van der Waals surface area contributed by atoms with E-state index in [2.05, 4.69) is 11.6 Å². The molecule has 0 radical (unpaired) electrons. The van der Waals surface area contributed by atoms with Crippen LogP contribution in [0.25, 0.3) is 16.5 Å². The molecule has 0 aliphatic heterocycles. The molecule has 1 aromatic heterocycles. The summed E-state index contributed by atoms with van der Waals surface area (Å²) in [7, 11) is 0. The highest BCUT2D eigenvalue weighted by molar-refractivity contribution is 6.27. The molecule has 2 aromatic carbocycles. The highest BCUT2D eigenvalue weighted by Gasteiger charge is 2.15. The molecule has 5 heteroatoms. The molecule has 0 spiro atoms. The van der Waals surface area contributed by atoms with Crippen LogP contribution in [0.4, 0.5) is 5.69 Å². The summed E-state index contributed by atoms with van der Waals surface area (Å²) in [5.41, 5.74) is 7.66. The molecule has 3 aromatic rings. The summed E-state index contributed by atoms with van der Waals surface area (Å²) in [5.74, 6) is 2.90. The van der Waals surface area contributed by atoms with Crippen LogP contribution in [0.2, 0.25) is 0 Å². The molecule has 0 atom stereocenters. The van der Waals surface area contributed by atoms with E-state index >= 15 is 0 Å². The number of hydrogen-bond acceptors (Lipinski definition) is 5. The van der Waals surface area contributed by atoms with E-state index in [0.717, 1.165) is 5.39 Å². The van der Waals surface area contributed by atoms with Crippen molar-refractivity contribution in [1.82, 2.24) is 4.98 Å². The van der Waals surface area contributed by atoms with Gasteiger partial charge in [-0.25, -0.2) is 14.6 Å². The maximum Gasteiger partial charge on any atom is 0.211 e. The summed E-state index contributed by atoms with van der Waals surface area (Å²) in [6.07, 6.45) is 0. The number of carbonyl (C=O) groups is 1. The number of nitrogens with zero attached hydrogens (tertiary/aromatic N) is 1. The first-order valence-corrected chi connectivity index (χ1v) is 7.34. The first kappa shape index (κ1) is 16.1. The van der Waals surface area contributed by atoms with Gasteiger partial charge in [0.25, 0.3) is 0 Å². The van der Waals surface area contributed by atoms with Gasteiger partial charge in [-0.1, -0.05) is 30.8 Å². The maximum atomic E-state index is 12.7. The van der Waals surface area contributed by atoms with Crippen molar-refractivity contribution >= 4 is 39.8 Å². The molecule has 0 saturated carbocycles. The minimum atomic E-state index is -0.398. The lowest BCUT2D eigenvalue weighted by molar-refractivity contribution is 0.105. The van der Waals surface area contributed by atoms with E-state index in [-0.39, 0.29) is 21.7 Å². The second-order valence-electron chi connectivity index (χ2n) is 5.39. The molecule has 5 nitrogen and oxygen atoms in total. The van der Waals surface area contributed by atoms with Crippen LogP contribution in [0.15, 0.2) is 55.1 Å². The van der Waals surface area contributed by atoms with E-state index in [1.165, 1.54) is 18.2 Å². The number of carbonyl (C=O) groups excluding carboxylic acids is 3. The van der Waals surface area contributed by atoms with E-state index in [0.29, 0.717) is 16.8 Å². The molecule has 1 heterocycles. The highest BCUT2D eigenvalue weighted by Crippen LogP contribution is 2.21. The number of benzene rings is 2. The predicted molar refractivity (Wildman–Crippen MR) is 94.8 cm³/mol. The number of rotatable bonds is 3. The molecule has 25 heavy (non-hydrogen) atoms. The van der Waals surface area contributed by atoms with Crippen molar-refractivity contribution in [2.24, 2.45) is 0 Å². The van der Waals surface area contributed by atoms with Crippen LogP contribution < -0.4 is 16.2 Å². The van der Waals surface area contributed by atoms with Crippen LogP contribution in [-0.2, 0) is 9.59 Å². The summed E-state index contributed by atoms with van der Waals surface area (Å²) in [6.45, 7) is 3.79. The van der Waals surface area contributed by atoms with Crippen molar-refractivity contribution in [3.8, 4) is 0 Å². The summed E-state index contributed by atoms with van der Waals surface area (Å²) in [6, 6.07) is 13.0. The molecular weight excluding hydrogens is 316 g/mol. The van der Waals surface area contributed by atoms with Gasteiger partial charge in [0.1, 0.15) is 17.6 Å². The Morgan fingerprint density at radius 1 is 1.00 bits per heavy atom. The smallest absolute Gasteiger partial charge is 0.211 e. The monoisotopic (exact) mass is 328 g/mol. The Balaban J connectivity index is 2.07. The average Bonchev–Trinajstić information content (AvgIpc) is 2.66. The van der Waals surface area contributed by atoms with Crippen molar-refractivity contribution in [3.05, 3.63) is 76.8 Å². The summed E-state index contributed by atoms with van der Waals surface area (Å²) in [5, 5.41) is 0.929. The molecule has 0 amide bonds. The van der Waals surface area contributed by atoms with Crippen LogP contribution >= 0.6 is 0 Å². The van der Waals surface area contributed by atoms with Crippen LogP contribution in [0.1, 0.15) is 16.1 Å². The largest absolute Gasteiger partial charge is 0.397 e. The fourth-order valence-electron chi connectivity index (χ4n) is 2.49. The van der Waals surface area contributed by atoms with Gasteiger partial charge in [-0.3, -0.25) is 4.79 Å². The quantitative estimate of drug-likeness (QED) is 0.435.